The van der Waals surface area contributed by atoms with Gasteiger partial charge >= 0.3 is 0 Å². The number of hydrogen-bond acceptors (Lipinski definition) is 4. The van der Waals surface area contributed by atoms with Gasteiger partial charge in [-0.05, 0) is 32.2 Å². The fourth-order valence-electron chi connectivity index (χ4n) is 2.72. The first-order valence-electron chi connectivity index (χ1n) is 7.83. The van der Waals surface area contributed by atoms with Crippen LogP contribution in [0.5, 0.6) is 0 Å². The third-order valence-electron chi connectivity index (χ3n) is 4.23. The molecular weight excluding hydrogens is 266 g/mol. The minimum Gasteiger partial charge on any atom is -0.299 e. The molecule has 118 valence electrons. The van der Waals surface area contributed by atoms with E-state index in [1.165, 1.54) is 4.90 Å². The molecule has 0 saturated carbocycles. The molecule has 1 atom stereocenters. The van der Waals surface area contributed by atoms with Crippen LogP contribution in [0.1, 0.15) is 59.8 Å². The van der Waals surface area contributed by atoms with Crippen LogP contribution in [0.4, 0.5) is 0 Å². The van der Waals surface area contributed by atoms with Crippen LogP contribution < -0.4 is 5.32 Å². The summed E-state index contributed by atoms with van der Waals surface area (Å²) in [6.07, 6.45) is 3.29. The summed E-state index contributed by atoms with van der Waals surface area (Å²) in [7, 11) is 0. The molecule has 1 N–H and O–H groups in total. The number of likely N-dealkylation sites (tertiary alicyclic amines) is 1. The minimum atomic E-state index is -0.575. The largest absolute Gasteiger partial charge is 0.299 e. The highest BCUT2D eigenvalue weighted by molar-refractivity contribution is 6.05. The van der Waals surface area contributed by atoms with Crippen molar-refractivity contribution in [3.8, 4) is 6.07 Å². The Morgan fingerprint density at radius 3 is 2.48 bits per heavy atom. The van der Waals surface area contributed by atoms with Crippen LogP contribution in [0.15, 0.2) is 0 Å². The third-order valence-corrected chi connectivity index (χ3v) is 4.23. The summed E-state index contributed by atoms with van der Waals surface area (Å²) in [5.41, 5.74) is -1.12. The molecule has 0 radical (unpaired) electrons. The van der Waals surface area contributed by atoms with Crippen molar-refractivity contribution in [3.05, 3.63) is 0 Å². The first kappa shape index (κ1) is 17.6. The number of imide groups is 1. The van der Waals surface area contributed by atoms with Crippen molar-refractivity contribution in [2.24, 2.45) is 5.41 Å². The highest BCUT2D eigenvalue weighted by atomic mass is 16.2. The van der Waals surface area contributed by atoms with Crippen LogP contribution in [-0.4, -0.2) is 35.3 Å². The quantitative estimate of drug-likeness (QED) is 0.696. The van der Waals surface area contributed by atoms with Gasteiger partial charge in [-0.3, -0.25) is 19.8 Å². The Morgan fingerprint density at radius 1 is 1.38 bits per heavy atom. The summed E-state index contributed by atoms with van der Waals surface area (Å²) in [4.78, 5) is 25.4. The van der Waals surface area contributed by atoms with Crippen molar-refractivity contribution < 1.29 is 9.59 Å². The lowest BCUT2D eigenvalue weighted by molar-refractivity contribution is -0.140. The van der Waals surface area contributed by atoms with E-state index in [0.29, 0.717) is 19.4 Å². The number of nitriles is 1. The van der Waals surface area contributed by atoms with E-state index in [1.54, 1.807) is 0 Å². The van der Waals surface area contributed by atoms with Crippen molar-refractivity contribution in [2.45, 2.75) is 65.3 Å². The molecule has 5 nitrogen and oxygen atoms in total. The predicted molar refractivity (Wildman–Crippen MR) is 81.3 cm³/mol. The van der Waals surface area contributed by atoms with E-state index in [4.69, 9.17) is 0 Å². The molecule has 2 amide bonds. The van der Waals surface area contributed by atoms with E-state index < -0.39 is 11.0 Å². The van der Waals surface area contributed by atoms with Gasteiger partial charge in [-0.2, -0.15) is 5.26 Å². The fraction of sp³-hybridized carbons (Fsp3) is 0.812. The standard InChI is InChI=1S/C16H27N3O2/c1-5-9-18-16(6-2,12-17)8-7-10-19-13(20)11-15(3,4)14(19)21/h18H,5-11H2,1-4H3. The van der Waals surface area contributed by atoms with Gasteiger partial charge in [-0.1, -0.05) is 27.7 Å². The van der Waals surface area contributed by atoms with Gasteiger partial charge in [0.05, 0.1) is 11.5 Å². The first-order valence-corrected chi connectivity index (χ1v) is 7.83. The number of carbonyl (C=O) groups is 2. The topological polar surface area (TPSA) is 73.2 Å². The zero-order valence-corrected chi connectivity index (χ0v) is 13.7. The Bertz CT molecular complexity index is 439. The van der Waals surface area contributed by atoms with E-state index in [1.807, 2.05) is 20.8 Å². The van der Waals surface area contributed by atoms with Gasteiger partial charge in [-0.25, -0.2) is 0 Å². The molecule has 1 aliphatic rings. The number of amides is 2. The fourth-order valence-corrected chi connectivity index (χ4v) is 2.72. The molecule has 1 aliphatic heterocycles. The Balaban J connectivity index is 2.57. The summed E-state index contributed by atoms with van der Waals surface area (Å²) in [5, 5.41) is 12.7. The molecule has 21 heavy (non-hydrogen) atoms. The molecule has 0 aromatic carbocycles. The lowest BCUT2D eigenvalue weighted by Gasteiger charge is -2.27. The highest BCUT2D eigenvalue weighted by Crippen LogP contribution is 2.32. The molecule has 1 fully saturated rings. The van der Waals surface area contributed by atoms with Crippen molar-refractivity contribution >= 4 is 11.8 Å². The second kappa shape index (κ2) is 7.04. The lowest BCUT2D eigenvalue weighted by Crippen LogP contribution is -2.44. The lowest BCUT2D eigenvalue weighted by atomic mass is 9.91. The molecule has 0 bridgehead atoms. The van der Waals surface area contributed by atoms with Crippen molar-refractivity contribution in [1.82, 2.24) is 10.2 Å². The molecular formula is C16H27N3O2. The Kier molecular flexibility index (Phi) is 5.91. The molecule has 0 aliphatic carbocycles. The Morgan fingerprint density at radius 2 is 2.05 bits per heavy atom. The van der Waals surface area contributed by atoms with E-state index >= 15 is 0 Å². The van der Waals surface area contributed by atoms with Gasteiger partial charge < -0.3 is 0 Å². The zero-order chi connectivity index (χ0) is 16.1. The van der Waals surface area contributed by atoms with Crippen molar-refractivity contribution in [1.29, 1.82) is 5.26 Å². The molecule has 1 heterocycles. The maximum Gasteiger partial charge on any atom is 0.235 e. The van der Waals surface area contributed by atoms with Crippen LogP contribution in [0.3, 0.4) is 0 Å². The van der Waals surface area contributed by atoms with E-state index in [0.717, 1.165) is 19.4 Å². The van der Waals surface area contributed by atoms with Gasteiger partial charge in [0, 0.05) is 13.0 Å². The van der Waals surface area contributed by atoms with Gasteiger partial charge in [-0.15, -0.1) is 0 Å². The van der Waals surface area contributed by atoms with Crippen LogP contribution in [0, 0.1) is 16.7 Å². The summed E-state index contributed by atoms with van der Waals surface area (Å²) < 4.78 is 0. The zero-order valence-electron chi connectivity index (χ0n) is 13.7. The third kappa shape index (κ3) is 4.04. The monoisotopic (exact) mass is 293 g/mol. The average Bonchev–Trinajstić information content (AvgIpc) is 2.64. The number of rotatable bonds is 8. The maximum atomic E-state index is 12.1. The normalized spacial score (nSPS) is 20.4. The van der Waals surface area contributed by atoms with Gasteiger partial charge in [0.25, 0.3) is 0 Å². The second-order valence-corrected chi connectivity index (χ2v) is 6.49. The Labute approximate surface area is 127 Å². The maximum absolute atomic E-state index is 12.1. The highest BCUT2D eigenvalue weighted by Gasteiger charge is 2.44. The first-order chi connectivity index (χ1) is 9.82. The van der Waals surface area contributed by atoms with Crippen LogP contribution in [-0.2, 0) is 9.59 Å². The second-order valence-electron chi connectivity index (χ2n) is 6.49. The van der Waals surface area contributed by atoms with E-state index in [9.17, 15) is 14.9 Å². The molecule has 1 rings (SSSR count). The number of carbonyl (C=O) groups excluding carboxylic acids is 2. The molecule has 0 spiro atoms. The number of nitrogens with one attached hydrogen (secondary N) is 1. The summed E-state index contributed by atoms with van der Waals surface area (Å²) >= 11 is 0. The number of nitrogens with zero attached hydrogens (tertiary/aromatic N) is 2. The van der Waals surface area contributed by atoms with E-state index in [2.05, 4.69) is 18.3 Å². The van der Waals surface area contributed by atoms with Gasteiger partial charge in [0.1, 0.15) is 5.54 Å². The van der Waals surface area contributed by atoms with Crippen LogP contribution in [0.25, 0.3) is 0 Å². The van der Waals surface area contributed by atoms with Crippen molar-refractivity contribution in [2.75, 3.05) is 13.1 Å². The molecule has 5 heteroatoms. The predicted octanol–water partition coefficient (Wildman–Crippen LogP) is 2.22. The van der Waals surface area contributed by atoms with Crippen LogP contribution >= 0.6 is 0 Å². The molecule has 1 saturated heterocycles. The van der Waals surface area contributed by atoms with Gasteiger partial charge in [0.15, 0.2) is 0 Å². The summed E-state index contributed by atoms with van der Waals surface area (Å²) in [6.45, 7) is 8.88. The minimum absolute atomic E-state index is 0.0897. The number of hydrogen-bond donors (Lipinski definition) is 1. The average molecular weight is 293 g/mol. The molecule has 0 aromatic rings. The van der Waals surface area contributed by atoms with Gasteiger partial charge in [0.2, 0.25) is 11.8 Å². The SMILES string of the molecule is CCCNC(C#N)(CC)CCCN1C(=O)CC(C)(C)C1=O. The van der Waals surface area contributed by atoms with Crippen molar-refractivity contribution in [3.63, 3.8) is 0 Å². The molecule has 0 aromatic heterocycles. The summed E-state index contributed by atoms with van der Waals surface area (Å²) in [5.74, 6) is -0.182. The Hall–Kier alpha value is -1.41. The smallest absolute Gasteiger partial charge is 0.235 e. The molecule has 1 unspecified atom stereocenters. The summed E-state index contributed by atoms with van der Waals surface area (Å²) in [6, 6.07) is 2.36. The van der Waals surface area contributed by atoms with Crippen LogP contribution in [0.2, 0.25) is 0 Å². The van der Waals surface area contributed by atoms with E-state index in [-0.39, 0.29) is 18.2 Å².